The SMILES string of the molecule is Clc1cccc(C=Nc2cccnc2)c1. The number of benzene rings is 1. The molecule has 0 aliphatic carbocycles. The van der Waals surface area contributed by atoms with E-state index in [0.717, 1.165) is 11.3 Å². The summed E-state index contributed by atoms with van der Waals surface area (Å²) < 4.78 is 0. The molecule has 0 radical (unpaired) electrons. The van der Waals surface area contributed by atoms with Crippen molar-refractivity contribution in [3.8, 4) is 0 Å². The van der Waals surface area contributed by atoms with E-state index in [0.29, 0.717) is 5.02 Å². The highest BCUT2D eigenvalue weighted by molar-refractivity contribution is 6.30. The Labute approximate surface area is 93.3 Å². The molecule has 0 spiro atoms. The van der Waals surface area contributed by atoms with Crippen LogP contribution in [0.2, 0.25) is 5.02 Å². The first-order valence-corrected chi connectivity index (χ1v) is 4.92. The summed E-state index contributed by atoms with van der Waals surface area (Å²) in [4.78, 5) is 8.25. The van der Waals surface area contributed by atoms with Gasteiger partial charge in [0.1, 0.15) is 0 Å². The summed E-state index contributed by atoms with van der Waals surface area (Å²) in [6.45, 7) is 0. The van der Waals surface area contributed by atoms with Crippen LogP contribution in [0.3, 0.4) is 0 Å². The van der Waals surface area contributed by atoms with Gasteiger partial charge in [-0.15, -0.1) is 0 Å². The molecule has 2 rings (SSSR count). The van der Waals surface area contributed by atoms with Crippen molar-refractivity contribution < 1.29 is 0 Å². The van der Waals surface area contributed by atoms with E-state index in [1.54, 1.807) is 18.6 Å². The van der Waals surface area contributed by atoms with Crippen molar-refractivity contribution in [3.05, 3.63) is 59.4 Å². The monoisotopic (exact) mass is 216 g/mol. The van der Waals surface area contributed by atoms with Gasteiger partial charge in [-0.05, 0) is 29.8 Å². The predicted octanol–water partition coefficient (Wildman–Crippen LogP) is 3.49. The Balaban J connectivity index is 2.19. The second-order valence-corrected chi connectivity index (χ2v) is 3.46. The maximum absolute atomic E-state index is 5.85. The fourth-order valence-corrected chi connectivity index (χ4v) is 1.36. The zero-order chi connectivity index (χ0) is 10.5. The summed E-state index contributed by atoms with van der Waals surface area (Å²) in [5.41, 5.74) is 1.81. The number of nitrogens with zero attached hydrogens (tertiary/aromatic N) is 2. The largest absolute Gasteiger partial charge is 0.262 e. The van der Waals surface area contributed by atoms with Gasteiger partial charge in [-0.25, -0.2) is 0 Å². The highest BCUT2D eigenvalue weighted by Gasteiger charge is 1.90. The normalized spacial score (nSPS) is 10.7. The van der Waals surface area contributed by atoms with E-state index in [4.69, 9.17) is 11.6 Å². The van der Waals surface area contributed by atoms with E-state index >= 15 is 0 Å². The van der Waals surface area contributed by atoms with Gasteiger partial charge in [0.2, 0.25) is 0 Å². The Morgan fingerprint density at radius 2 is 2.13 bits per heavy atom. The highest BCUT2D eigenvalue weighted by Crippen LogP contribution is 2.11. The number of pyridine rings is 1. The molecule has 0 saturated heterocycles. The molecule has 74 valence electrons. The Morgan fingerprint density at radius 1 is 1.20 bits per heavy atom. The van der Waals surface area contributed by atoms with Gasteiger partial charge in [0.05, 0.1) is 11.9 Å². The molecule has 15 heavy (non-hydrogen) atoms. The van der Waals surface area contributed by atoms with E-state index in [-0.39, 0.29) is 0 Å². The molecule has 0 bridgehead atoms. The minimum atomic E-state index is 0.713. The molecule has 0 aliphatic rings. The molecule has 1 heterocycles. The molecule has 0 amide bonds. The van der Waals surface area contributed by atoms with Crippen LogP contribution in [0, 0.1) is 0 Å². The summed E-state index contributed by atoms with van der Waals surface area (Å²) in [6, 6.07) is 11.3. The first kappa shape index (κ1) is 9.87. The number of aliphatic imine (C=N–C) groups is 1. The third kappa shape index (κ3) is 2.89. The van der Waals surface area contributed by atoms with Gasteiger partial charge in [0.15, 0.2) is 0 Å². The van der Waals surface area contributed by atoms with Gasteiger partial charge in [0, 0.05) is 17.4 Å². The summed E-state index contributed by atoms with van der Waals surface area (Å²) in [5, 5.41) is 0.713. The van der Waals surface area contributed by atoms with Gasteiger partial charge in [-0.1, -0.05) is 23.7 Å². The Bertz CT molecular complexity index is 466. The number of rotatable bonds is 2. The lowest BCUT2D eigenvalue weighted by Gasteiger charge is -1.94. The van der Waals surface area contributed by atoms with Crippen molar-refractivity contribution in [2.24, 2.45) is 4.99 Å². The molecule has 0 unspecified atom stereocenters. The quantitative estimate of drug-likeness (QED) is 0.706. The average molecular weight is 217 g/mol. The van der Waals surface area contributed by atoms with Crippen molar-refractivity contribution in [1.82, 2.24) is 4.98 Å². The minimum Gasteiger partial charge on any atom is -0.262 e. The number of halogens is 1. The predicted molar refractivity (Wildman–Crippen MR) is 62.9 cm³/mol. The first-order chi connectivity index (χ1) is 7.34. The van der Waals surface area contributed by atoms with Crippen molar-refractivity contribution in [2.45, 2.75) is 0 Å². The Morgan fingerprint density at radius 3 is 2.87 bits per heavy atom. The maximum atomic E-state index is 5.85. The van der Waals surface area contributed by atoms with Gasteiger partial charge >= 0.3 is 0 Å². The molecule has 1 aromatic carbocycles. The fourth-order valence-electron chi connectivity index (χ4n) is 1.17. The molecule has 2 nitrogen and oxygen atoms in total. The molecule has 3 heteroatoms. The second kappa shape index (κ2) is 4.71. The summed E-state index contributed by atoms with van der Waals surface area (Å²) in [6.07, 6.45) is 5.20. The van der Waals surface area contributed by atoms with Gasteiger partial charge in [-0.3, -0.25) is 9.98 Å². The summed E-state index contributed by atoms with van der Waals surface area (Å²) in [5.74, 6) is 0. The second-order valence-electron chi connectivity index (χ2n) is 3.02. The number of hydrogen-bond donors (Lipinski definition) is 0. The molecule has 0 saturated carbocycles. The van der Waals surface area contributed by atoms with E-state index in [2.05, 4.69) is 9.98 Å². The van der Waals surface area contributed by atoms with Crippen LogP contribution in [-0.2, 0) is 0 Å². The molecule has 0 fully saturated rings. The zero-order valence-electron chi connectivity index (χ0n) is 7.97. The Kier molecular flexibility index (Phi) is 3.10. The average Bonchev–Trinajstić information content (AvgIpc) is 2.28. The van der Waals surface area contributed by atoms with E-state index in [1.165, 1.54) is 0 Å². The molecule has 0 N–H and O–H groups in total. The molecular weight excluding hydrogens is 208 g/mol. The Hall–Kier alpha value is -1.67. The lowest BCUT2D eigenvalue weighted by Crippen LogP contribution is -1.79. The van der Waals surface area contributed by atoms with Gasteiger partial charge < -0.3 is 0 Å². The van der Waals surface area contributed by atoms with Crippen LogP contribution in [-0.4, -0.2) is 11.2 Å². The zero-order valence-corrected chi connectivity index (χ0v) is 8.72. The van der Waals surface area contributed by atoms with E-state index in [9.17, 15) is 0 Å². The van der Waals surface area contributed by atoms with Crippen LogP contribution in [0.25, 0.3) is 0 Å². The maximum Gasteiger partial charge on any atom is 0.0813 e. The van der Waals surface area contributed by atoms with E-state index < -0.39 is 0 Å². The highest BCUT2D eigenvalue weighted by atomic mass is 35.5. The lowest BCUT2D eigenvalue weighted by molar-refractivity contribution is 1.31. The molecule has 1 aromatic heterocycles. The first-order valence-electron chi connectivity index (χ1n) is 4.54. The number of aromatic nitrogens is 1. The molecule has 0 aliphatic heterocycles. The molecular formula is C12H9ClN2. The van der Waals surface area contributed by atoms with Crippen LogP contribution in [0.15, 0.2) is 53.8 Å². The third-order valence-electron chi connectivity index (χ3n) is 1.86. The minimum absolute atomic E-state index is 0.713. The molecule has 2 aromatic rings. The fraction of sp³-hybridized carbons (Fsp3) is 0. The van der Waals surface area contributed by atoms with Crippen LogP contribution in [0.1, 0.15) is 5.56 Å². The van der Waals surface area contributed by atoms with Crippen molar-refractivity contribution >= 4 is 23.5 Å². The van der Waals surface area contributed by atoms with Crippen LogP contribution in [0.4, 0.5) is 5.69 Å². The number of hydrogen-bond acceptors (Lipinski definition) is 2. The van der Waals surface area contributed by atoms with Gasteiger partial charge in [0.25, 0.3) is 0 Å². The summed E-state index contributed by atoms with van der Waals surface area (Å²) in [7, 11) is 0. The molecule has 0 atom stereocenters. The summed E-state index contributed by atoms with van der Waals surface area (Å²) >= 11 is 5.85. The van der Waals surface area contributed by atoms with Crippen LogP contribution in [0.5, 0.6) is 0 Å². The van der Waals surface area contributed by atoms with Crippen LogP contribution >= 0.6 is 11.6 Å². The smallest absolute Gasteiger partial charge is 0.0813 e. The third-order valence-corrected chi connectivity index (χ3v) is 2.09. The lowest BCUT2D eigenvalue weighted by atomic mass is 10.2. The van der Waals surface area contributed by atoms with E-state index in [1.807, 2.05) is 36.4 Å². The van der Waals surface area contributed by atoms with Crippen LogP contribution < -0.4 is 0 Å². The van der Waals surface area contributed by atoms with Crippen molar-refractivity contribution in [2.75, 3.05) is 0 Å². The van der Waals surface area contributed by atoms with Crippen molar-refractivity contribution in [1.29, 1.82) is 0 Å². The topological polar surface area (TPSA) is 25.2 Å². The van der Waals surface area contributed by atoms with Crippen molar-refractivity contribution in [3.63, 3.8) is 0 Å². The standard InChI is InChI=1S/C12H9ClN2/c13-11-4-1-3-10(7-11)8-15-12-5-2-6-14-9-12/h1-9H. The van der Waals surface area contributed by atoms with Gasteiger partial charge in [-0.2, -0.15) is 0 Å².